The second-order valence-corrected chi connectivity index (χ2v) is 6.41. The van der Waals surface area contributed by atoms with Gasteiger partial charge in [-0.25, -0.2) is 4.98 Å². The third kappa shape index (κ3) is 2.41. The molecule has 20 heavy (non-hydrogen) atoms. The van der Waals surface area contributed by atoms with Gasteiger partial charge in [-0.15, -0.1) is 0 Å². The number of hydrogen-bond acceptors (Lipinski definition) is 3. The minimum absolute atomic E-state index is 0.0256. The maximum Gasteiger partial charge on any atom is 0.419 e. The lowest BCUT2D eigenvalue weighted by atomic mass is 10.00. The van der Waals surface area contributed by atoms with Crippen LogP contribution in [0, 0.1) is 11.8 Å². The third-order valence-corrected chi connectivity index (χ3v) is 4.69. The molecule has 0 aromatic carbocycles. The van der Waals surface area contributed by atoms with Crippen molar-refractivity contribution in [1.82, 2.24) is 4.98 Å². The van der Waals surface area contributed by atoms with Gasteiger partial charge in [0.2, 0.25) is 0 Å². The van der Waals surface area contributed by atoms with E-state index >= 15 is 0 Å². The number of aliphatic hydroxyl groups excluding tert-OH is 1. The standard InChI is InChI=1S/C13H14BrF3N2O/c14-8-3-10(13(15,16)17)12(18-4-8)19-5-7-1-2-11(20)9(7)6-19/h3-4,7,9,11,20H,1-2,5-6H2. The fraction of sp³-hybridized carbons (Fsp3) is 0.615. The molecule has 3 rings (SSSR count). The molecule has 2 aliphatic rings. The molecule has 2 heterocycles. The molecule has 3 atom stereocenters. The van der Waals surface area contributed by atoms with E-state index in [4.69, 9.17) is 0 Å². The van der Waals surface area contributed by atoms with Crippen molar-refractivity contribution < 1.29 is 18.3 Å². The van der Waals surface area contributed by atoms with Crippen LogP contribution in [0.3, 0.4) is 0 Å². The van der Waals surface area contributed by atoms with Crippen molar-refractivity contribution in [2.45, 2.75) is 25.1 Å². The summed E-state index contributed by atoms with van der Waals surface area (Å²) in [6.45, 7) is 0.989. The van der Waals surface area contributed by atoms with Gasteiger partial charge in [0, 0.05) is 29.7 Å². The predicted molar refractivity (Wildman–Crippen MR) is 71.4 cm³/mol. The second-order valence-electron chi connectivity index (χ2n) is 5.50. The zero-order valence-corrected chi connectivity index (χ0v) is 12.2. The topological polar surface area (TPSA) is 36.4 Å². The normalized spacial score (nSPS) is 29.9. The lowest BCUT2D eigenvalue weighted by molar-refractivity contribution is -0.137. The average Bonchev–Trinajstić information content (AvgIpc) is 2.91. The Labute approximate surface area is 122 Å². The molecule has 0 bridgehead atoms. The molecule has 0 amide bonds. The van der Waals surface area contributed by atoms with Gasteiger partial charge >= 0.3 is 6.18 Å². The van der Waals surface area contributed by atoms with Gasteiger partial charge in [0.05, 0.1) is 11.7 Å². The van der Waals surface area contributed by atoms with Gasteiger partial charge in [-0.1, -0.05) is 0 Å². The molecule has 3 unspecified atom stereocenters. The third-order valence-electron chi connectivity index (χ3n) is 4.26. The lowest BCUT2D eigenvalue weighted by Gasteiger charge is -2.23. The summed E-state index contributed by atoms with van der Waals surface area (Å²) in [5, 5.41) is 9.86. The van der Waals surface area contributed by atoms with E-state index in [0.717, 1.165) is 18.9 Å². The fourth-order valence-electron chi connectivity index (χ4n) is 3.30. The number of rotatable bonds is 1. The highest BCUT2D eigenvalue weighted by Gasteiger charge is 2.44. The van der Waals surface area contributed by atoms with Crippen molar-refractivity contribution in [2.24, 2.45) is 11.8 Å². The zero-order chi connectivity index (χ0) is 14.5. The van der Waals surface area contributed by atoms with Crippen molar-refractivity contribution in [3.05, 3.63) is 22.3 Å². The predicted octanol–water partition coefficient (Wildman–Crippen LogP) is 3.07. The number of aromatic nitrogens is 1. The molecule has 1 aliphatic heterocycles. The van der Waals surface area contributed by atoms with Gasteiger partial charge < -0.3 is 10.0 Å². The van der Waals surface area contributed by atoms with E-state index < -0.39 is 17.8 Å². The summed E-state index contributed by atoms with van der Waals surface area (Å²) in [6.07, 6.45) is -1.81. The molecule has 1 saturated carbocycles. The van der Waals surface area contributed by atoms with E-state index in [2.05, 4.69) is 20.9 Å². The summed E-state index contributed by atoms with van der Waals surface area (Å²) in [4.78, 5) is 5.62. The second kappa shape index (κ2) is 4.87. The Kier molecular flexibility index (Phi) is 3.44. The molecule has 0 radical (unpaired) electrons. The Balaban J connectivity index is 1.92. The monoisotopic (exact) mass is 350 g/mol. The van der Waals surface area contributed by atoms with E-state index in [0.29, 0.717) is 17.6 Å². The number of aliphatic hydroxyl groups is 1. The van der Waals surface area contributed by atoms with E-state index in [1.807, 2.05) is 0 Å². The van der Waals surface area contributed by atoms with Gasteiger partial charge in [-0.2, -0.15) is 13.2 Å². The average molecular weight is 351 g/mol. The highest BCUT2D eigenvalue weighted by atomic mass is 79.9. The van der Waals surface area contributed by atoms with Crippen LogP contribution in [0.1, 0.15) is 18.4 Å². The van der Waals surface area contributed by atoms with Gasteiger partial charge in [-0.3, -0.25) is 0 Å². The number of alkyl halides is 3. The summed E-state index contributed by atoms with van der Waals surface area (Å²) < 4.78 is 39.6. The molecule has 1 aliphatic carbocycles. The highest BCUT2D eigenvalue weighted by Crippen LogP contribution is 2.43. The molecule has 1 aromatic rings. The Morgan fingerprint density at radius 1 is 1.30 bits per heavy atom. The summed E-state index contributed by atoms with van der Waals surface area (Å²) in [5.74, 6) is 0.320. The molecule has 1 saturated heterocycles. The minimum atomic E-state index is -4.43. The molecule has 3 nitrogen and oxygen atoms in total. The molecule has 7 heteroatoms. The van der Waals surface area contributed by atoms with Crippen LogP contribution in [0.2, 0.25) is 0 Å². The van der Waals surface area contributed by atoms with Crippen molar-refractivity contribution in [1.29, 1.82) is 0 Å². The first-order valence-corrected chi connectivity index (χ1v) is 7.31. The highest BCUT2D eigenvalue weighted by molar-refractivity contribution is 9.10. The van der Waals surface area contributed by atoms with Crippen LogP contribution in [-0.2, 0) is 6.18 Å². The maximum absolute atomic E-state index is 13.1. The van der Waals surface area contributed by atoms with Crippen molar-refractivity contribution in [2.75, 3.05) is 18.0 Å². The van der Waals surface area contributed by atoms with Crippen molar-refractivity contribution >= 4 is 21.7 Å². The first kappa shape index (κ1) is 14.1. The smallest absolute Gasteiger partial charge is 0.393 e. The molecular weight excluding hydrogens is 337 g/mol. The van der Waals surface area contributed by atoms with Crippen LogP contribution in [0.4, 0.5) is 19.0 Å². The molecule has 1 aromatic heterocycles. The van der Waals surface area contributed by atoms with Gasteiger partial charge in [0.15, 0.2) is 0 Å². The van der Waals surface area contributed by atoms with E-state index in [1.165, 1.54) is 6.20 Å². The maximum atomic E-state index is 13.1. The van der Waals surface area contributed by atoms with Gasteiger partial charge in [0.1, 0.15) is 5.82 Å². The number of anilines is 1. The number of fused-ring (bicyclic) bond motifs is 1. The van der Waals surface area contributed by atoms with Gasteiger partial charge in [0.25, 0.3) is 0 Å². The molecule has 2 fully saturated rings. The van der Waals surface area contributed by atoms with E-state index in [1.54, 1.807) is 4.90 Å². The van der Waals surface area contributed by atoms with Crippen LogP contribution in [0.15, 0.2) is 16.7 Å². The van der Waals surface area contributed by atoms with E-state index in [-0.39, 0.29) is 17.7 Å². The summed E-state index contributed by atoms with van der Waals surface area (Å²) in [6, 6.07) is 1.06. The van der Waals surface area contributed by atoms with E-state index in [9.17, 15) is 18.3 Å². The Hall–Kier alpha value is -0.820. The number of hydrogen-bond donors (Lipinski definition) is 1. The lowest BCUT2D eigenvalue weighted by Crippen LogP contribution is -2.27. The number of halogens is 4. The summed E-state index contributed by atoms with van der Waals surface area (Å²) in [7, 11) is 0. The summed E-state index contributed by atoms with van der Waals surface area (Å²) >= 11 is 3.03. The van der Waals surface area contributed by atoms with Crippen LogP contribution < -0.4 is 4.90 Å². The minimum Gasteiger partial charge on any atom is -0.393 e. The number of pyridine rings is 1. The fourth-order valence-corrected chi connectivity index (χ4v) is 3.63. The number of nitrogens with zero attached hydrogens (tertiary/aromatic N) is 2. The van der Waals surface area contributed by atoms with Crippen LogP contribution in [0.5, 0.6) is 0 Å². The molecule has 110 valence electrons. The molecule has 1 N–H and O–H groups in total. The van der Waals surface area contributed by atoms with Gasteiger partial charge in [-0.05, 0) is 40.8 Å². The quantitative estimate of drug-likeness (QED) is 0.845. The van der Waals surface area contributed by atoms with Crippen molar-refractivity contribution in [3.8, 4) is 0 Å². The van der Waals surface area contributed by atoms with Crippen LogP contribution >= 0.6 is 15.9 Å². The van der Waals surface area contributed by atoms with Crippen LogP contribution in [0.25, 0.3) is 0 Å². The largest absolute Gasteiger partial charge is 0.419 e. The Bertz CT molecular complexity index is 523. The first-order valence-electron chi connectivity index (χ1n) is 6.52. The Morgan fingerprint density at radius 3 is 2.70 bits per heavy atom. The van der Waals surface area contributed by atoms with Crippen LogP contribution in [-0.4, -0.2) is 29.3 Å². The molecule has 0 spiro atoms. The van der Waals surface area contributed by atoms with Crippen molar-refractivity contribution in [3.63, 3.8) is 0 Å². The Morgan fingerprint density at radius 2 is 2.05 bits per heavy atom. The SMILES string of the molecule is OC1CCC2CN(c3ncc(Br)cc3C(F)(F)F)CC12. The molecular formula is C13H14BrF3N2O. The first-order chi connectivity index (χ1) is 9.36. The summed E-state index contributed by atoms with van der Waals surface area (Å²) in [5.41, 5.74) is -0.721. The zero-order valence-electron chi connectivity index (χ0n) is 10.6.